The van der Waals surface area contributed by atoms with E-state index in [1.165, 1.54) is 59.7 Å². The highest BCUT2D eigenvalue weighted by molar-refractivity contribution is 7.92. The minimum atomic E-state index is -4.51. The van der Waals surface area contributed by atoms with Gasteiger partial charge in [-0.3, -0.25) is 13.9 Å². The standard InChI is InChI=1S/C20H22F3N3O6S/c1-25-16-10-15(24-33(28,29)8-7-30-3)18(11-17(16)26(2)19(25)27)32-14-6-4-5-13(9-14)31-12-20(21,22)23/h4-6,9-11,24H,7-8,12H2,1-3H3. The smallest absolute Gasteiger partial charge is 0.422 e. The minimum Gasteiger partial charge on any atom is -0.484 e. The van der Waals surface area contributed by atoms with Gasteiger partial charge in [0.05, 0.1) is 29.1 Å². The van der Waals surface area contributed by atoms with Gasteiger partial charge in [-0.05, 0) is 18.2 Å². The Kier molecular flexibility index (Phi) is 6.93. The van der Waals surface area contributed by atoms with Gasteiger partial charge in [0.15, 0.2) is 12.4 Å². The lowest BCUT2D eigenvalue weighted by Crippen LogP contribution is -2.20. The number of halogens is 3. The Morgan fingerprint density at radius 3 is 2.30 bits per heavy atom. The molecule has 180 valence electrons. The molecule has 1 heterocycles. The van der Waals surface area contributed by atoms with Crippen molar-refractivity contribution < 1.29 is 35.8 Å². The van der Waals surface area contributed by atoms with E-state index in [0.29, 0.717) is 11.0 Å². The molecule has 0 fully saturated rings. The van der Waals surface area contributed by atoms with E-state index in [4.69, 9.17) is 14.2 Å². The normalized spacial score (nSPS) is 12.2. The number of sulfonamides is 1. The van der Waals surface area contributed by atoms with Crippen LogP contribution in [0, 0.1) is 0 Å². The highest BCUT2D eigenvalue weighted by atomic mass is 32.2. The first-order chi connectivity index (χ1) is 15.4. The summed E-state index contributed by atoms with van der Waals surface area (Å²) in [5.74, 6) is -0.264. The molecule has 0 saturated heterocycles. The molecule has 0 bridgehead atoms. The first-order valence-corrected chi connectivity index (χ1v) is 11.2. The predicted molar refractivity (Wildman–Crippen MR) is 116 cm³/mol. The Hall–Kier alpha value is -3.19. The zero-order valence-electron chi connectivity index (χ0n) is 18.0. The fourth-order valence-electron chi connectivity index (χ4n) is 3.02. The van der Waals surface area contributed by atoms with Gasteiger partial charge in [-0.25, -0.2) is 13.2 Å². The third-order valence-electron chi connectivity index (χ3n) is 4.63. The van der Waals surface area contributed by atoms with Crippen molar-refractivity contribution in [2.24, 2.45) is 14.1 Å². The van der Waals surface area contributed by atoms with Crippen LogP contribution in [0.5, 0.6) is 17.2 Å². The number of hydrogen-bond donors (Lipinski definition) is 1. The van der Waals surface area contributed by atoms with Crippen LogP contribution in [0.1, 0.15) is 0 Å². The summed E-state index contributed by atoms with van der Waals surface area (Å²) >= 11 is 0. The second kappa shape index (κ2) is 9.35. The highest BCUT2D eigenvalue weighted by Gasteiger charge is 2.28. The van der Waals surface area contributed by atoms with Crippen LogP contribution in [0.2, 0.25) is 0 Å². The number of alkyl halides is 3. The van der Waals surface area contributed by atoms with Gasteiger partial charge in [-0.1, -0.05) is 6.07 Å². The molecule has 0 spiro atoms. The maximum atomic E-state index is 12.4. The summed E-state index contributed by atoms with van der Waals surface area (Å²) in [5.41, 5.74) is 0.614. The first kappa shape index (κ1) is 24.5. The van der Waals surface area contributed by atoms with E-state index in [1.807, 2.05) is 0 Å². The van der Waals surface area contributed by atoms with Gasteiger partial charge in [0.25, 0.3) is 0 Å². The molecule has 0 atom stereocenters. The molecule has 0 aliphatic heterocycles. The lowest BCUT2D eigenvalue weighted by Gasteiger charge is -2.15. The summed E-state index contributed by atoms with van der Waals surface area (Å²) in [5, 5.41) is 0. The van der Waals surface area contributed by atoms with Crippen LogP contribution in [0.4, 0.5) is 18.9 Å². The van der Waals surface area contributed by atoms with Crippen LogP contribution in [0.15, 0.2) is 41.2 Å². The number of imidazole rings is 1. The fraction of sp³-hybridized carbons (Fsp3) is 0.350. The van der Waals surface area contributed by atoms with E-state index in [1.54, 1.807) is 7.05 Å². The van der Waals surface area contributed by atoms with Crippen molar-refractivity contribution in [3.05, 3.63) is 46.9 Å². The van der Waals surface area contributed by atoms with Crippen molar-refractivity contribution in [3.8, 4) is 17.2 Å². The number of benzene rings is 2. The average Bonchev–Trinajstić information content (AvgIpc) is 2.94. The van der Waals surface area contributed by atoms with Crippen molar-refractivity contribution in [1.82, 2.24) is 9.13 Å². The molecule has 3 rings (SSSR count). The predicted octanol–water partition coefficient (Wildman–Crippen LogP) is 3.00. The Morgan fingerprint density at radius 2 is 1.67 bits per heavy atom. The van der Waals surface area contributed by atoms with E-state index in [0.717, 1.165) is 0 Å². The Morgan fingerprint density at radius 1 is 1.03 bits per heavy atom. The molecule has 0 aliphatic rings. The number of rotatable bonds is 9. The van der Waals surface area contributed by atoms with E-state index in [-0.39, 0.29) is 41.0 Å². The molecule has 0 radical (unpaired) electrons. The van der Waals surface area contributed by atoms with Crippen LogP contribution < -0.4 is 19.9 Å². The maximum absolute atomic E-state index is 12.4. The fourth-order valence-corrected chi connectivity index (χ4v) is 4.00. The van der Waals surface area contributed by atoms with Crippen molar-refractivity contribution in [1.29, 1.82) is 0 Å². The summed E-state index contributed by atoms with van der Waals surface area (Å²) in [7, 11) is 0.618. The molecule has 1 aromatic heterocycles. The van der Waals surface area contributed by atoms with Crippen LogP contribution in [0.3, 0.4) is 0 Å². The molecule has 1 N–H and O–H groups in total. The van der Waals surface area contributed by atoms with Gasteiger partial charge in [0.2, 0.25) is 10.0 Å². The van der Waals surface area contributed by atoms with Crippen molar-refractivity contribution >= 4 is 26.7 Å². The largest absolute Gasteiger partial charge is 0.484 e. The number of nitrogens with zero attached hydrogens (tertiary/aromatic N) is 2. The minimum absolute atomic E-state index is 0.0395. The molecule has 9 nitrogen and oxygen atoms in total. The summed E-state index contributed by atoms with van der Waals surface area (Å²) in [6.45, 7) is -1.52. The lowest BCUT2D eigenvalue weighted by molar-refractivity contribution is -0.153. The second-order valence-electron chi connectivity index (χ2n) is 7.13. The zero-order chi connectivity index (χ0) is 24.4. The molecule has 0 aliphatic carbocycles. The quantitative estimate of drug-likeness (QED) is 0.496. The topological polar surface area (TPSA) is 101 Å². The molecule has 0 saturated carbocycles. The van der Waals surface area contributed by atoms with Gasteiger partial charge in [0.1, 0.15) is 11.5 Å². The number of nitrogens with one attached hydrogen (secondary N) is 1. The average molecular weight is 489 g/mol. The molecular formula is C20H22F3N3O6S. The monoisotopic (exact) mass is 489 g/mol. The van der Waals surface area contributed by atoms with Crippen LogP contribution >= 0.6 is 0 Å². The van der Waals surface area contributed by atoms with Crippen LogP contribution in [-0.4, -0.2) is 49.8 Å². The van der Waals surface area contributed by atoms with Gasteiger partial charge < -0.3 is 14.2 Å². The summed E-state index contributed by atoms with van der Waals surface area (Å²) in [6, 6.07) is 8.38. The molecule has 33 heavy (non-hydrogen) atoms. The van der Waals surface area contributed by atoms with Crippen molar-refractivity contribution in [2.75, 3.05) is 30.8 Å². The second-order valence-corrected chi connectivity index (χ2v) is 8.97. The van der Waals surface area contributed by atoms with E-state index >= 15 is 0 Å². The number of aromatic nitrogens is 2. The van der Waals surface area contributed by atoms with E-state index < -0.39 is 22.8 Å². The third kappa shape index (κ3) is 5.99. The first-order valence-electron chi connectivity index (χ1n) is 9.56. The summed E-state index contributed by atoms with van der Waals surface area (Å²) in [6.07, 6.45) is -4.51. The number of methoxy groups -OCH3 is 1. The molecule has 0 amide bonds. The number of hydrogen-bond acceptors (Lipinski definition) is 6. The van der Waals surface area contributed by atoms with Crippen molar-refractivity contribution in [3.63, 3.8) is 0 Å². The van der Waals surface area contributed by atoms with E-state index in [2.05, 4.69) is 4.72 Å². The third-order valence-corrected chi connectivity index (χ3v) is 5.87. The maximum Gasteiger partial charge on any atom is 0.422 e. The van der Waals surface area contributed by atoms with E-state index in [9.17, 15) is 26.4 Å². The van der Waals surface area contributed by atoms with Gasteiger partial charge in [-0.15, -0.1) is 0 Å². The van der Waals surface area contributed by atoms with Crippen LogP contribution in [-0.2, 0) is 28.9 Å². The number of ether oxygens (including phenoxy) is 3. The molecule has 0 unspecified atom stereocenters. The number of anilines is 1. The molecule has 2 aromatic carbocycles. The number of aryl methyl sites for hydroxylation is 2. The van der Waals surface area contributed by atoms with Crippen molar-refractivity contribution in [2.45, 2.75) is 6.18 Å². The van der Waals surface area contributed by atoms with Gasteiger partial charge in [0, 0.05) is 33.3 Å². The Labute approximate surface area is 187 Å². The number of fused-ring (bicyclic) bond motifs is 1. The lowest BCUT2D eigenvalue weighted by atomic mass is 10.2. The molecular weight excluding hydrogens is 467 g/mol. The Balaban J connectivity index is 2.02. The molecule has 13 heteroatoms. The highest BCUT2D eigenvalue weighted by Crippen LogP contribution is 2.35. The Bertz CT molecular complexity index is 1320. The zero-order valence-corrected chi connectivity index (χ0v) is 18.8. The van der Waals surface area contributed by atoms with Gasteiger partial charge >= 0.3 is 11.9 Å². The summed E-state index contributed by atoms with van der Waals surface area (Å²) in [4.78, 5) is 12.3. The van der Waals surface area contributed by atoms with Gasteiger partial charge in [-0.2, -0.15) is 13.2 Å². The SMILES string of the molecule is COCCS(=O)(=O)Nc1cc2c(cc1Oc1cccc(OCC(F)(F)F)c1)n(C)c(=O)n2C. The molecule has 3 aromatic rings. The van der Waals surface area contributed by atoms with Crippen LogP contribution in [0.25, 0.3) is 11.0 Å². The summed E-state index contributed by atoms with van der Waals surface area (Å²) < 4.78 is 82.7.